The van der Waals surface area contributed by atoms with Gasteiger partial charge in [-0.15, -0.1) is 0 Å². The third-order valence-corrected chi connectivity index (χ3v) is 3.11. The van der Waals surface area contributed by atoms with Gasteiger partial charge >= 0.3 is 0 Å². The topological polar surface area (TPSA) is 9.23 Å². The summed E-state index contributed by atoms with van der Waals surface area (Å²) in [5, 5.41) is 2.88. The van der Waals surface area contributed by atoms with Crippen molar-refractivity contribution in [3.05, 3.63) is 71.8 Å². The number of hydrogen-bond donors (Lipinski definition) is 0. The van der Waals surface area contributed by atoms with E-state index >= 15 is 0 Å². The monoisotopic (exact) mass is 268 g/mol. The van der Waals surface area contributed by atoms with E-state index in [0.29, 0.717) is 6.61 Å². The lowest BCUT2D eigenvalue weighted by Gasteiger charge is -2.19. The maximum atomic E-state index is 5.87. The zero-order valence-electron chi connectivity index (χ0n) is 10.9. The molecule has 0 radical (unpaired) electrons. The average Bonchev–Trinajstić information content (AvgIpc) is 2.49. The molecule has 2 aromatic rings. The highest BCUT2D eigenvalue weighted by Crippen LogP contribution is 2.31. The minimum atomic E-state index is -0.161. The van der Waals surface area contributed by atoms with Gasteiger partial charge in [0.25, 0.3) is 0 Å². The van der Waals surface area contributed by atoms with Crippen LogP contribution >= 0.6 is 12.2 Å². The lowest BCUT2D eigenvalue weighted by Crippen LogP contribution is -2.07. The Hall–Kier alpha value is -1.73. The van der Waals surface area contributed by atoms with Crippen molar-refractivity contribution in [1.82, 2.24) is 0 Å². The molecule has 0 heterocycles. The summed E-state index contributed by atoms with van der Waals surface area (Å²) < 4.78 is 5.87. The summed E-state index contributed by atoms with van der Waals surface area (Å²) in [5.41, 5.74) is 3.06. The molecule has 1 nitrogen and oxygen atoms in total. The normalized spacial score (nSPS) is 11.6. The number of rotatable bonds is 5. The predicted octanol–water partition coefficient (Wildman–Crippen LogP) is 4.45. The Bertz CT molecular complexity index is 556. The van der Waals surface area contributed by atoms with E-state index in [2.05, 4.69) is 17.2 Å². The summed E-state index contributed by atoms with van der Waals surface area (Å²) >= 11 is 5.08. The maximum Gasteiger partial charge on any atom is 0.116 e. The van der Waals surface area contributed by atoms with Crippen LogP contribution in [0.1, 0.15) is 24.2 Å². The summed E-state index contributed by atoms with van der Waals surface area (Å²) in [6.07, 6.45) is -0.161. The Morgan fingerprint density at radius 2 is 1.63 bits per heavy atom. The molecule has 0 N–H and O–H groups in total. The van der Waals surface area contributed by atoms with E-state index < -0.39 is 0 Å². The van der Waals surface area contributed by atoms with E-state index in [0.717, 1.165) is 16.7 Å². The fraction of sp³-hybridized carbons (Fsp3) is 0.176. The van der Waals surface area contributed by atoms with E-state index in [1.54, 1.807) is 0 Å². The molecule has 2 heteroatoms. The van der Waals surface area contributed by atoms with Gasteiger partial charge in [0, 0.05) is 12.2 Å². The van der Waals surface area contributed by atoms with Crippen LogP contribution in [0, 0.1) is 0 Å². The molecular formula is C17H16OS. The lowest BCUT2D eigenvalue weighted by atomic mass is 9.96. The summed E-state index contributed by atoms with van der Waals surface area (Å²) in [4.78, 5) is 0. The standard InChI is InChI=1S/C17H16OS/c1-2-18-17(15-11-7-4-8-12-15)16(13-19)14-9-5-3-6-10-14/h3-12,17H,2H2,1H3. The zero-order valence-corrected chi connectivity index (χ0v) is 11.7. The first-order valence-corrected chi connectivity index (χ1v) is 6.74. The Balaban J connectivity index is 2.41. The van der Waals surface area contributed by atoms with Crippen molar-refractivity contribution < 1.29 is 4.74 Å². The van der Waals surface area contributed by atoms with Crippen molar-refractivity contribution in [1.29, 1.82) is 0 Å². The highest BCUT2D eigenvalue weighted by atomic mass is 32.1. The van der Waals surface area contributed by atoms with E-state index in [9.17, 15) is 0 Å². The van der Waals surface area contributed by atoms with E-state index in [1.165, 1.54) is 0 Å². The van der Waals surface area contributed by atoms with Crippen molar-refractivity contribution in [2.24, 2.45) is 0 Å². The second-order valence-electron chi connectivity index (χ2n) is 4.13. The molecule has 19 heavy (non-hydrogen) atoms. The molecule has 96 valence electrons. The Kier molecular flexibility index (Phi) is 5.05. The van der Waals surface area contributed by atoms with Gasteiger partial charge in [-0.05, 0) is 35.3 Å². The maximum absolute atomic E-state index is 5.87. The number of hydrogen-bond acceptors (Lipinski definition) is 2. The molecule has 0 bridgehead atoms. The molecule has 0 spiro atoms. The van der Waals surface area contributed by atoms with Gasteiger partial charge in [0.15, 0.2) is 0 Å². The number of benzene rings is 2. The van der Waals surface area contributed by atoms with Gasteiger partial charge in [-0.1, -0.05) is 60.7 Å². The molecule has 0 aliphatic heterocycles. The zero-order chi connectivity index (χ0) is 13.5. The highest BCUT2D eigenvalue weighted by Gasteiger charge is 2.18. The van der Waals surface area contributed by atoms with Gasteiger partial charge in [0.05, 0.1) is 0 Å². The second kappa shape index (κ2) is 7.01. The second-order valence-corrected chi connectivity index (χ2v) is 4.33. The van der Waals surface area contributed by atoms with Gasteiger partial charge < -0.3 is 4.74 Å². The molecule has 0 aliphatic rings. The molecule has 1 unspecified atom stereocenters. The Morgan fingerprint density at radius 1 is 1.05 bits per heavy atom. The van der Waals surface area contributed by atoms with Crippen molar-refractivity contribution in [2.75, 3.05) is 6.61 Å². The molecule has 0 fully saturated rings. The molecule has 2 aromatic carbocycles. The number of thiocarbonyl (C=S) groups is 1. The van der Waals surface area contributed by atoms with E-state index in [4.69, 9.17) is 17.0 Å². The van der Waals surface area contributed by atoms with Gasteiger partial charge in [-0.25, -0.2) is 0 Å². The molecular weight excluding hydrogens is 252 g/mol. The Morgan fingerprint density at radius 3 is 2.16 bits per heavy atom. The van der Waals surface area contributed by atoms with Crippen LogP contribution < -0.4 is 0 Å². The molecule has 0 saturated heterocycles. The van der Waals surface area contributed by atoms with Gasteiger partial charge in [0.2, 0.25) is 0 Å². The van der Waals surface area contributed by atoms with Crippen LogP contribution in [0.3, 0.4) is 0 Å². The first-order valence-electron chi connectivity index (χ1n) is 6.33. The summed E-state index contributed by atoms with van der Waals surface area (Å²) in [5.74, 6) is 0. The fourth-order valence-electron chi connectivity index (χ4n) is 2.02. The Labute approximate surface area is 119 Å². The smallest absolute Gasteiger partial charge is 0.116 e. The first kappa shape index (κ1) is 13.7. The van der Waals surface area contributed by atoms with Crippen molar-refractivity contribution in [3.63, 3.8) is 0 Å². The summed E-state index contributed by atoms with van der Waals surface area (Å²) in [7, 11) is 0. The summed E-state index contributed by atoms with van der Waals surface area (Å²) in [6, 6.07) is 20.2. The van der Waals surface area contributed by atoms with Gasteiger partial charge in [-0.3, -0.25) is 0 Å². The minimum Gasteiger partial charge on any atom is -0.368 e. The molecule has 0 saturated carbocycles. The lowest BCUT2D eigenvalue weighted by molar-refractivity contribution is 0.104. The summed E-state index contributed by atoms with van der Waals surface area (Å²) in [6.45, 7) is 2.62. The fourth-order valence-corrected chi connectivity index (χ4v) is 2.25. The van der Waals surface area contributed by atoms with E-state index in [-0.39, 0.29) is 6.10 Å². The van der Waals surface area contributed by atoms with Crippen LogP contribution in [0.2, 0.25) is 0 Å². The molecule has 2 rings (SSSR count). The molecule has 0 aliphatic carbocycles. The third kappa shape index (κ3) is 3.39. The van der Waals surface area contributed by atoms with Crippen LogP contribution in [0.4, 0.5) is 0 Å². The largest absolute Gasteiger partial charge is 0.368 e. The molecule has 0 aromatic heterocycles. The molecule has 0 amide bonds. The number of ether oxygens (including phenoxy) is 1. The minimum absolute atomic E-state index is 0.161. The quantitative estimate of drug-likeness (QED) is 0.741. The van der Waals surface area contributed by atoms with Crippen molar-refractivity contribution in [2.45, 2.75) is 13.0 Å². The first-order chi connectivity index (χ1) is 9.36. The van der Waals surface area contributed by atoms with Crippen molar-refractivity contribution >= 4 is 22.8 Å². The SMILES string of the molecule is CCOC(C(=C=S)c1ccccc1)c1ccccc1. The van der Waals surface area contributed by atoms with Crippen LogP contribution in [-0.4, -0.2) is 11.6 Å². The highest BCUT2D eigenvalue weighted by molar-refractivity contribution is 7.78. The van der Waals surface area contributed by atoms with E-state index in [1.807, 2.05) is 55.5 Å². The van der Waals surface area contributed by atoms with Crippen LogP contribution in [0.15, 0.2) is 60.7 Å². The van der Waals surface area contributed by atoms with Gasteiger partial charge in [0.1, 0.15) is 6.10 Å². The average molecular weight is 268 g/mol. The van der Waals surface area contributed by atoms with Crippen LogP contribution in [0.5, 0.6) is 0 Å². The van der Waals surface area contributed by atoms with Crippen LogP contribution in [0.25, 0.3) is 5.57 Å². The van der Waals surface area contributed by atoms with Crippen molar-refractivity contribution in [3.8, 4) is 0 Å². The molecule has 1 atom stereocenters. The predicted molar refractivity (Wildman–Crippen MR) is 83.3 cm³/mol. The van der Waals surface area contributed by atoms with Crippen LogP contribution in [-0.2, 0) is 4.74 Å². The van der Waals surface area contributed by atoms with Gasteiger partial charge in [-0.2, -0.15) is 0 Å². The third-order valence-electron chi connectivity index (χ3n) is 2.89.